The summed E-state index contributed by atoms with van der Waals surface area (Å²) >= 11 is 0. The average Bonchev–Trinajstić information content (AvgIpc) is 2.54. The highest BCUT2D eigenvalue weighted by atomic mass is 16.6. The van der Waals surface area contributed by atoms with Crippen LogP contribution in [0.1, 0.15) is 56.5 Å². The van der Waals surface area contributed by atoms with Gasteiger partial charge in [0, 0.05) is 13.1 Å². The van der Waals surface area contributed by atoms with Gasteiger partial charge in [0.15, 0.2) is 0 Å². The smallest absolute Gasteiger partial charge is 0.410 e. The first-order chi connectivity index (χ1) is 11.8. The summed E-state index contributed by atoms with van der Waals surface area (Å²) in [6.07, 6.45) is 2.42. The Labute approximate surface area is 150 Å². The van der Waals surface area contributed by atoms with Crippen LogP contribution in [-0.4, -0.2) is 42.3 Å². The number of hydrogen-bond donors (Lipinski definition) is 0. The van der Waals surface area contributed by atoms with Gasteiger partial charge in [0.05, 0.1) is 12.2 Å². The third kappa shape index (κ3) is 5.76. The van der Waals surface area contributed by atoms with Gasteiger partial charge in [-0.1, -0.05) is 18.2 Å². The monoisotopic (exact) mass is 347 g/mol. The molecule has 5 nitrogen and oxygen atoms in total. The summed E-state index contributed by atoms with van der Waals surface area (Å²) in [6, 6.07) is 7.63. The SMILES string of the molecule is CCOC(=O)c1ccccc1CC1CCN(C(=O)OC(C)(C)C)CC1. The van der Waals surface area contributed by atoms with Crippen LogP contribution in [-0.2, 0) is 15.9 Å². The molecule has 1 heterocycles. The highest BCUT2D eigenvalue weighted by Crippen LogP contribution is 2.25. The number of esters is 1. The average molecular weight is 347 g/mol. The van der Waals surface area contributed by atoms with Gasteiger partial charge in [0.1, 0.15) is 5.60 Å². The molecule has 1 saturated heterocycles. The van der Waals surface area contributed by atoms with E-state index in [9.17, 15) is 9.59 Å². The molecular weight excluding hydrogens is 318 g/mol. The second-order valence-electron chi connectivity index (χ2n) is 7.49. The summed E-state index contributed by atoms with van der Waals surface area (Å²) in [5.41, 5.74) is 1.21. The van der Waals surface area contributed by atoms with Gasteiger partial charge in [-0.2, -0.15) is 0 Å². The zero-order valence-electron chi connectivity index (χ0n) is 15.7. The van der Waals surface area contributed by atoms with Crippen LogP contribution < -0.4 is 0 Å². The van der Waals surface area contributed by atoms with Gasteiger partial charge >= 0.3 is 12.1 Å². The molecule has 25 heavy (non-hydrogen) atoms. The van der Waals surface area contributed by atoms with Crippen LogP contribution in [0.4, 0.5) is 4.79 Å². The van der Waals surface area contributed by atoms with Crippen molar-refractivity contribution in [1.29, 1.82) is 0 Å². The van der Waals surface area contributed by atoms with E-state index in [0.717, 1.165) is 24.8 Å². The standard InChI is InChI=1S/C20H29NO4/c1-5-24-18(22)17-9-7-6-8-16(17)14-15-10-12-21(13-11-15)19(23)25-20(2,3)4/h6-9,15H,5,10-14H2,1-4H3. The van der Waals surface area contributed by atoms with Gasteiger partial charge in [-0.05, 0) is 64.5 Å². The Morgan fingerprint density at radius 1 is 1.16 bits per heavy atom. The first kappa shape index (κ1) is 19.3. The highest BCUT2D eigenvalue weighted by molar-refractivity contribution is 5.91. The van der Waals surface area contributed by atoms with Crippen LogP contribution in [0.3, 0.4) is 0 Å². The van der Waals surface area contributed by atoms with Crippen LogP contribution in [0.2, 0.25) is 0 Å². The Kier molecular flexibility index (Phi) is 6.45. The molecule has 0 aliphatic carbocycles. The number of likely N-dealkylation sites (tertiary alicyclic amines) is 1. The lowest BCUT2D eigenvalue weighted by molar-refractivity contribution is 0.0184. The van der Waals surface area contributed by atoms with Crippen LogP contribution in [0.5, 0.6) is 0 Å². The van der Waals surface area contributed by atoms with Crippen molar-refractivity contribution in [2.24, 2.45) is 5.92 Å². The number of hydrogen-bond acceptors (Lipinski definition) is 4. The third-order valence-electron chi connectivity index (χ3n) is 4.29. The van der Waals surface area contributed by atoms with E-state index >= 15 is 0 Å². The maximum absolute atomic E-state index is 12.1. The molecule has 2 rings (SSSR count). The number of piperidine rings is 1. The molecule has 0 spiro atoms. The van der Waals surface area contributed by atoms with Crippen molar-refractivity contribution in [3.63, 3.8) is 0 Å². The van der Waals surface area contributed by atoms with Crippen molar-refractivity contribution in [3.8, 4) is 0 Å². The molecule has 0 saturated carbocycles. The van der Waals surface area contributed by atoms with Crippen LogP contribution in [0.15, 0.2) is 24.3 Å². The fourth-order valence-electron chi connectivity index (χ4n) is 3.06. The van der Waals surface area contributed by atoms with Crippen molar-refractivity contribution in [2.45, 2.75) is 52.6 Å². The first-order valence-corrected chi connectivity index (χ1v) is 9.03. The van der Waals surface area contributed by atoms with E-state index in [-0.39, 0.29) is 12.1 Å². The lowest BCUT2D eigenvalue weighted by Gasteiger charge is -2.33. The maximum atomic E-state index is 12.1. The summed E-state index contributed by atoms with van der Waals surface area (Å²) in [7, 11) is 0. The zero-order valence-corrected chi connectivity index (χ0v) is 15.7. The third-order valence-corrected chi connectivity index (χ3v) is 4.29. The zero-order chi connectivity index (χ0) is 18.4. The molecule has 0 bridgehead atoms. The van der Waals surface area contributed by atoms with Crippen molar-refractivity contribution >= 4 is 12.1 Å². The molecule has 5 heteroatoms. The summed E-state index contributed by atoms with van der Waals surface area (Å²) in [5, 5.41) is 0. The number of benzene rings is 1. The molecule has 1 aliphatic heterocycles. The van der Waals surface area contributed by atoms with Crippen LogP contribution in [0, 0.1) is 5.92 Å². The molecule has 0 unspecified atom stereocenters. The predicted octanol–water partition coefficient (Wildman–Crippen LogP) is 4.05. The van der Waals surface area contributed by atoms with Gasteiger partial charge in [0.2, 0.25) is 0 Å². The Bertz CT molecular complexity index is 598. The van der Waals surface area contributed by atoms with Gasteiger partial charge in [-0.15, -0.1) is 0 Å². The van der Waals surface area contributed by atoms with Crippen LogP contribution >= 0.6 is 0 Å². The van der Waals surface area contributed by atoms with Gasteiger partial charge < -0.3 is 14.4 Å². The first-order valence-electron chi connectivity index (χ1n) is 9.03. The molecular formula is C20H29NO4. The van der Waals surface area contributed by atoms with Gasteiger partial charge in [0.25, 0.3) is 0 Å². The van der Waals surface area contributed by atoms with Crippen molar-refractivity contribution in [3.05, 3.63) is 35.4 Å². The minimum atomic E-state index is -0.466. The van der Waals surface area contributed by atoms with E-state index < -0.39 is 5.60 Å². The topological polar surface area (TPSA) is 55.8 Å². The van der Waals surface area contributed by atoms with E-state index in [2.05, 4.69) is 0 Å². The molecule has 1 aromatic carbocycles. The number of rotatable bonds is 4. The van der Waals surface area contributed by atoms with E-state index in [4.69, 9.17) is 9.47 Å². The number of nitrogens with zero attached hydrogens (tertiary/aromatic N) is 1. The molecule has 1 aromatic rings. The Morgan fingerprint density at radius 2 is 1.80 bits per heavy atom. The summed E-state index contributed by atoms with van der Waals surface area (Å²) in [6.45, 7) is 9.22. The minimum absolute atomic E-state index is 0.238. The molecule has 138 valence electrons. The molecule has 0 radical (unpaired) electrons. The second kappa shape index (κ2) is 8.37. The Balaban J connectivity index is 1.92. The van der Waals surface area contributed by atoms with Crippen molar-refractivity contribution in [1.82, 2.24) is 4.90 Å². The second-order valence-corrected chi connectivity index (χ2v) is 7.49. The Hall–Kier alpha value is -2.04. The molecule has 0 aromatic heterocycles. The number of carbonyl (C=O) groups is 2. The lowest BCUT2D eigenvalue weighted by Crippen LogP contribution is -2.42. The molecule has 1 aliphatic rings. The minimum Gasteiger partial charge on any atom is -0.462 e. The van der Waals surface area contributed by atoms with Crippen LogP contribution in [0.25, 0.3) is 0 Å². The molecule has 0 N–H and O–H groups in total. The van der Waals surface area contributed by atoms with E-state index in [1.165, 1.54) is 0 Å². The largest absolute Gasteiger partial charge is 0.462 e. The fourth-order valence-corrected chi connectivity index (χ4v) is 3.06. The van der Waals surface area contributed by atoms with E-state index in [1.54, 1.807) is 4.90 Å². The summed E-state index contributed by atoms with van der Waals surface area (Å²) in [5.74, 6) is 0.193. The molecule has 1 amide bonds. The lowest BCUT2D eigenvalue weighted by atomic mass is 9.88. The maximum Gasteiger partial charge on any atom is 0.410 e. The Morgan fingerprint density at radius 3 is 2.40 bits per heavy atom. The van der Waals surface area contributed by atoms with Gasteiger partial charge in [-0.3, -0.25) is 0 Å². The molecule has 1 fully saturated rings. The predicted molar refractivity (Wildman–Crippen MR) is 96.6 cm³/mol. The van der Waals surface area contributed by atoms with Crippen molar-refractivity contribution in [2.75, 3.05) is 19.7 Å². The number of carbonyl (C=O) groups excluding carboxylic acids is 2. The van der Waals surface area contributed by atoms with E-state index in [0.29, 0.717) is 31.2 Å². The molecule has 0 atom stereocenters. The normalized spacial score (nSPS) is 15.8. The van der Waals surface area contributed by atoms with Gasteiger partial charge in [-0.25, -0.2) is 9.59 Å². The summed E-state index contributed by atoms with van der Waals surface area (Å²) in [4.78, 5) is 26.0. The highest BCUT2D eigenvalue weighted by Gasteiger charge is 2.27. The quantitative estimate of drug-likeness (QED) is 0.771. The van der Waals surface area contributed by atoms with E-state index in [1.807, 2.05) is 52.0 Å². The summed E-state index contributed by atoms with van der Waals surface area (Å²) < 4.78 is 10.6. The number of ether oxygens (including phenoxy) is 2. The van der Waals surface area contributed by atoms with Crippen molar-refractivity contribution < 1.29 is 19.1 Å². The fraction of sp³-hybridized carbons (Fsp3) is 0.600. The number of amides is 1.